The molecule has 0 bridgehead atoms. The average Bonchev–Trinajstić information content (AvgIpc) is 2.62. The molecule has 1 N–H and O–H groups in total. The zero-order valence-electron chi connectivity index (χ0n) is 14.8. The highest BCUT2D eigenvalue weighted by atomic mass is 19.1. The normalized spacial score (nSPS) is 24.6. The second kappa shape index (κ2) is 5.77. The van der Waals surface area contributed by atoms with E-state index >= 15 is 0 Å². The van der Waals surface area contributed by atoms with Crippen molar-refractivity contribution >= 4 is 5.91 Å². The van der Waals surface area contributed by atoms with Gasteiger partial charge < -0.3 is 10.0 Å². The van der Waals surface area contributed by atoms with Gasteiger partial charge in [-0.2, -0.15) is 0 Å². The number of hydrogen-bond acceptors (Lipinski definition) is 5. The van der Waals surface area contributed by atoms with Gasteiger partial charge in [0.25, 0.3) is 5.91 Å². The van der Waals surface area contributed by atoms with E-state index in [2.05, 4.69) is 4.98 Å². The van der Waals surface area contributed by atoms with Gasteiger partial charge in [-0.3, -0.25) is 24.3 Å². The molecule has 7 nitrogen and oxygen atoms in total. The monoisotopic (exact) mass is 376 g/mol. The van der Waals surface area contributed by atoms with Gasteiger partial charge in [-0.25, -0.2) is 8.78 Å². The van der Waals surface area contributed by atoms with Gasteiger partial charge in [0, 0.05) is 25.4 Å². The average molecular weight is 376 g/mol. The molecule has 142 valence electrons. The highest BCUT2D eigenvalue weighted by Gasteiger charge is 2.50. The summed E-state index contributed by atoms with van der Waals surface area (Å²) in [5.74, 6) is -2.72. The number of piperidine rings is 1. The fourth-order valence-electron chi connectivity index (χ4n) is 4.17. The smallest absolute Gasteiger partial charge is 0.277 e. The Morgan fingerprint density at radius 1 is 1.33 bits per heavy atom. The summed E-state index contributed by atoms with van der Waals surface area (Å²) in [5.41, 5.74) is -1.84. The summed E-state index contributed by atoms with van der Waals surface area (Å²) in [5, 5.41) is 11.9. The van der Waals surface area contributed by atoms with E-state index in [9.17, 15) is 23.5 Å². The Bertz CT molecular complexity index is 1010. The van der Waals surface area contributed by atoms with Gasteiger partial charge in [0.15, 0.2) is 11.4 Å². The Labute approximate surface area is 153 Å². The van der Waals surface area contributed by atoms with E-state index in [0.29, 0.717) is 19.3 Å². The van der Waals surface area contributed by atoms with E-state index in [4.69, 9.17) is 0 Å². The minimum atomic E-state index is -1.02. The number of carbonyl (C=O) groups is 1. The van der Waals surface area contributed by atoms with Crippen LogP contribution in [0.5, 0.6) is 5.75 Å². The van der Waals surface area contributed by atoms with Crippen molar-refractivity contribution in [2.24, 2.45) is 0 Å². The topological polar surface area (TPSA) is 78.7 Å². The summed E-state index contributed by atoms with van der Waals surface area (Å²) in [4.78, 5) is 30.0. The van der Waals surface area contributed by atoms with Gasteiger partial charge >= 0.3 is 0 Å². The first kappa shape index (κ1) is 17.4. The molecule has 2 atom stereocenters. The van der Waals surface area contributed by atoms with Gasteiger partial charge in [-0.1, -0.05) is 0 Å². The van der Waals surface area contributed by atoms with Crippen molar-refractivity contribution in [3.63, 3.8) is 0 Å². The Balaban J connectivity index is 1.98. The number of amides is 1. The van der Waals surface area contributed by atoms with Crippen molar-refractivity contribution < 1.29 is 18.7 Å². The number of carbonyl (C=O) groups excluding carboxylic acids is 1. The lowest BCUT2D eigenvalue weighted by atomic mass is 9.84. The van der Waals surface area contributed by atoms with Crippen LogP contribution in [0.3, 0.4) is 0 Å². The third-order valence-electron chi connectivity index (χ3n) is 5.49. The number of aromatic nitrogens is 2. The molecule has 1 saturated heterocycles. The molecular weight excluding hydrogens is 358 g/mol. The van der Waals surface area contributed by atoms with E-state index in [1.54, 1.807) is 19.0 Å². The minimum Gasteiger partial charge on any atom is -0.502 e. The maximum Gasteiger partial charge on any atom is 0.277 e. The summed E-state index contributed by atoms with van der Waals surface area (Å²) in [7, 11) is 1.57. The van der Waals surface area contributed by atoms with Crippen LogP contribution >= 0.6 is 0 Å². The molecule has 0 saturated carbocycles. The van der Waals surface area contributed by atoms with E-state index in [1.165, 1.54) is 15.8 Å². The zero-order valence-corrected chi connectivity index (χ0v) is 14.8. The van der Waals surface area contributed by atoms with Crippen molar-refractivity contribution in [1.29, 1.82) is 0 Å². The molecule has 2 aliphatic rings. The van der Waals surface area contributed by atoms with E-state index < -0.39 is 40.4 Å². The predicted molar refractivity (Wildman–Crippen MR) is 91.8 cm³/mol. The van der Waals surface area contributed by atoms with Crippen molar-refractivity contribution in [1.82, 2.24) is 14.6 Å². The van der Waals surface area contributed by atoms with Crippen molar-refractivity contribution in [3.8, 4) is 5.75 Å². The van der Waals surface area contributed by atoms with Crippen LogP contribution in [0.4, 0.5) is 8.78 Å². The molecule has 0 aliphatic carbocycles. The Morgan fingerprint density at radius 3 is 2.78 bits per heavy atom. The molecule has 1 amide bonds. The fourth-order valence-corrected chi connectivity index (χ4v) is 4.17. The Hall–Kier alpha value is -2.97. The molecular formula is C18H18F2N4O3. The first-order chi connectivity index (χ1) is 12.8. The second-order valence-corrected chi connectivity index (χ2v) is 7.11. The summed E-state index contributed by atoms with van der Waals surface area (Å²) < 4.78 is 29.4. The third-order valence-corrected chi connectivity index (χ3v) is 5.49. The number of fused-ring (bicyclic) bond motifs is 3. The highest BCUT2D eigenvalue weighted by molar-refractivity contribution is 5.96. The van der Waals surface area contributed by atoms with Crippen LogP contribution in [0, 0.1) is 11.6 Å². The fraction of sp³-hybridized carbons (Fsp3) is 0.389. The van der Waals surface area contributed by atoms with Crippen molar-refractivity contribution in [3.05, 3.63) is 57.8 Å². The molecule has 1 fully saturated rings. The van der Waals surface area contributed by atoms with E-state index in [0.717, 1.165) is 18.3 Å². The van der Waals surface area contributed by atoms with Crippen molar-refractivity contribution in [2.45, 2.75) is 37.9 Å². The van der Waals surface area contributed by atoms with Crippen LogP contribution in [-0.4, -0.2) is 38.8 Å². The van der Waals surface area contributed by atoms with Crippen LogP contribution in [0.2, 0.25) is 0 Å². The molecule has 4 heterocycles. The summed E-state index contributed by atoms with van der Waals surface area (Å²) in [6, 6.07) is 1.93. The molecule has 0 aromatic carbocycles. The van der Waals surface area contributed by atoms with E-state index in [-0.39, 0.29) is 11.4 Å². The van der Waals surface area contributed by atoms with Crippen LogP contribution in [0.25, 0.3) is 0 Å². The highest BCUT2D eigenvalue weighted by Crippen LogP contribution is 2.42. The molecule has 4 rings (SSSR count). The first-order valence-corrected chi connectivity index (χ1v) is 8.58. The zero-order chi connectivity index (χ0) is 19.5. The standard InChI is InChI=1S/C18H18F2N4O3/c1-18(16-11(20)8-10(19)9-21-16)6-3-4-13-22(2)17(27)14-15(26)12(25)5-7-23(14)24(13)18/h5,7-9,13,26H,3-4,6H2,1-2H3. The quantitative estimate of drug-likeness (QED) is 0.819. The van der Waals surface area contributed by atoms with Crippen molar-refractivity contribution in [2.75, 3.05) is 12.1 Å². The van der Waals surface area contributed by atoms with Crippen LogP contribution < -0.4 is 10.4 Å². The van der Waals surface area contributed by atoms with Crippen LogP contribution in [-0.2, 0) is 5.54 Å². The molecule has 27 heavy (non-hydrogen) atoms. The number of aromatic hydroxyl groups is 1. The molecule has 0 spiro atoms. The number of halogens is 2. The lowest BCUT2D eigenvalue weighted by Gasteiger charge is -2.56. The number of nitrogens with zero attached hydrogens (tertiary/aromatic N) is 4. The van der Waals surface area contributed by atoms with Gasteiger partial charge in [0.2, 0.25) is 5.43 Å². The molecule has 9 heteroatoms. The van der Waals surface area contributed by atoms with Gasteiger partial charge in [0.1, 0.15) is 29.0 Å². The lowest BCUT2D eigenvalue weighted by molar-refractivity contribution is 0.0461. The van der Waals surface area contributed by atoms with Gasteiger partial charge in [-0.15, -0.1) is 0 Å². The largest absolute Gasteiger partial charge is 0.502 e. The second-order valence-electron chi connectivity index (χ2n) is 7.11. The number of hydrogen-bond donors (Lipinski definition) is 1. The number of rotatable bonds is 1. The third kappa shape index (κ3) is 2.34. The van der Waals surface area contributed by atoms with Crippen LogP contribution in [0.15, 0.2) is 29.3 Å². The minimum absolute atomic E-state index is 0.0421. The lowest BCUT2D eigenvalue weighted by Crippen LogP contribution is -2.68. The summed E-state index contributed by atoms with van der Waals surface area (Å²) >= 11 is 0. The number of pyridine rings is 2. The SMILES string of the molecule is CN1C(=O)c2c(O)c(=O)ccn2N2C1CCCC2(C)c1ncc(F)cc1F. The van der Waals surface area contributed by atoms with Crippen LogP contribution in [0.1, 0.15) is 42.4 Å². The van der Waals surface area contributed by atoms with Gasteiger partial charge in [-0.05, 0) is 26.2 Å². The molecule has 2 aliphatic heterocycles. The predicted octanol–water partition coefficient (Wildman–Crippen LogP) is 1.68. The summed E-state index contributed by atoms with van der Waals surface area (Å²) in [6.07, 6.45) is 3.71. The molecule has 2 unspecified atom stereocenters. The molecule has 0 radical (unpaired) electrons. The molecule has 2 aromatic rings. The maximum atomic E-state index is 14.6. The maximum absolute atomic E-state index is 14.6. The Kier molecular flexibility index (Phi) is 3.72. The Morgan fingerprint density at radius 2 is 2.07 bits per heavy atom. The summed E-state index contributed by atoms with van der Waals surface area (Å²) in [6.45, 7) is 1.76. The van der Waals surface area contributed by atoms with E-state index in [1.807, 2.05) is 0 Å². The van der Waals surface area contributed by atoms with Gasteiger partial charge in [0.05, 0.1) is 6.20 Å². The molecule has 2 aromatic heterocycles. The first-order valence-electron chi connectivity index (χ1n) is 8.58.